The Kier molecular flexibility index (Phi) is 2.48. The van der Waals surface area contributed by atoms with Crippen molar-refractivity contribution in [2.75, 3.05) is 0 Å². The van der Waals surface area contributed by atoms with Crippen LogP contribution in [-0.2, 0) is 0 Å². The number of hydrogen-bond donors (Lipinski definition) is 1. The van der Waals surface area contributed by atoms with Crippen LogP contribution in [0, 0.1) is 5.82 Å². The van der Waals surface area contributed by atoms with Crippen LogP contribution in [0.4, 0.5) is 4.39 Å². The number of benzene rings is 1. The van der Waals surface area contributed by atoms with Crippen molar-refractivity contribution in [1.29, 1.82) is 0 Å². The molecule has 0 radical (unpaired) electrons. The van der Waals surface area contributed by atoms with Gasteiger partial charge in [-0.3, -0.25) is 4.99 Å². The Balaban J connectivity index is 2.39. The zero-order valence-electron chi connectivity index (χ0n) is 7.24. The van der Waals surface area contributed by atoms with Gasteiger partial charge in [-0.15, -0.1) is 0 Å². The molecule has 14 heavy (non-hydrogen) atoms. The number of halogens is 2. The third-order valence-corrected chi connectivity index (χ3v) is 2.68. The smallest absolute Gasteiger partial charge is 0.137 e. The van der Waals surface area contributed by atoms with E-state index < -0.39 is 0 Å². The van der Waals surface area contributed by atoms with Gasteiger partial charge in [-0.1, -0.05) is 6.07 Å². The average molecular weight is 255 g/mol. The van der Waals surface area contributed by atoms with Crippen molar-refractivity contribution >= 4 is 27.7 Å². The van der Waals surface area contributed by atoms with Crippen LogP contribution in [0.3, 0.4) is 0 Å². The number of nitrogens with two attached hydrogens (primary N) is 1. The molecule has 2 nitrogen and oxygen atoms in total. The van der Waals surface area contributed by atoms with E-state index in [1.54, 1.807) is 18.3 Å². The zero-order valence-corrected chi connectivity index (χ0v) is 8.83. The second kappa shape index (κ2) is 3.63. The topological polar surface area (TPSA) is 38.4 Å². The van der Waals surface area contributed by atoms with Crippen LogP contribution in [0.1, 0.15) is 5.56 Å². The minimum atomic E-state index is -0.327. The van der Waals surface area contributed by atoms with Crippen molar-refractivity contribution in [2.45, 2.75) is 6.17 Å². The van der Waals surface area contributed by atoms with Gasteiger partial charge in [-0.2, -0.15) is 0 Å². The third-order valence-electron chi connectivity index (χ3n) is 2.07. The summed E-state index contributed by atoms with van der Waals surface area (Å²) in [4.78, 5) is 4.00. The lowest BCUT2D eigenvalue weighted by Gasteiger charge is -2.08. The summed E-state index contributed by atoms with van der Waals surface area (Å²) in [6, 6.07) is 4.81. The van der Waals surface area contributed by atoms with Crippen molar-refractivity contribution in [2.24, 2.45) is 10.7 Å². The highest BCUT2D eigenvalue weighted by molar-refractivity contribution is 9.10. The Hall–Kier alpha value is -1.00. The molecule has 0 saturated carbocycles. The van der Waals surface area contributed by atoms with Gasteiger partial charge in [-0.05, 0) is 45.3 Å². The molecular formula is C10H8BrFN2. The molecule has 0 amide bonds. The molecule has 0 spiro atoms. The van der Waals surface area contributed by atoms with Gasteiger partial charge in [0.05, 0.1) is 4.47 Å². The number of rotatable bonds is 1. The molecule has 1 aromatic carbocycles. The Bertz CT molecular complexity index is 426. The first-order valence-electron chi connectivity index (χ1n) is 4.13. The molecule has 72 valence electrons. The summed E-state index contributed by atoms with van der Waals surface area (Å²) in [7, 11) is 0. The van der Waals surface area contributed by atoms with E-state index in [1.165, 1.54) is 6.07 Å². The molecule has 1 unspecified atom stereocenters. The fourth-order valence-corrected chi connectivity index (χ4v) is 1.72. The molecule has 2 N–H and O–H groups in total. The first kappa shape index (κ1) is 9.55. The molecule has 1 atom stereocenters. The number of nitrogens with zero attached hydrogens (tertiary/aromatic N) is 1. The number of aliphatic imine (C=N–C) groups is 1. The second-order valence-corrected chi connectivity index (χ2v) is 3.85. The molecule has 0 aliphatic carbocycles. The summed E-state index contributed by atoms with van der Waals surface area (Å²) in [6.45, 7) is 0. The highest BCUT2D eigenvalue weighted by atomic mass is 79.9. The maximum Gasteiger partial charge on any atom is 0.137 e. The molecule has 0 fully saturated rings. The fraction of sp³-hybridized carbons (Fsp3) is 0.100. The van der Waals surface area contributed by atoms with Crippen LogP contribution in [0.5, 0.6) is 0 Å². The average Bonchev–Trinajstić information content (AvgIpc) is 2.57. The maximum atomic E-state index is 13.0. The highest BCUT2D eigenvalue weighted by Crippen LogP contribution is 2.25. The number of hydrogen-bond acceptors (Lipinski definition) is 2. The van der Waals surface area contributed by atoms with E-state index in [2.05, 4.69) is 20.9 Å². The molecule has 1 heterocycles. The molecule has 1 aliphatic rings. The molecule has 0 aromatic heterocycles. The predicted octanol–water partition coefficient (Wildman–Crippen LogP) is 2.34. The van der Waals surface area contributed by atoms with Crippen molar-refractivity contribution in [1.82, 2.24) is 0 Å². The Morgan fingerprint density at radius 3 is 2.79 bits per heavy atom. The maximum absolute atomic E-state index is 13.0. The molecule has 1 aliphatic heterocycles. The van der Waals surface area contributed by atoms with Gasteiger partial charge in [0, 0.05) is 6.21 Å². The summed E-state index contributed by atoms with van der Waals surface area (Å²) in [5.74, 6) is -0.276. The van der Waals surface area contributed by atoms with E-state index in [1.807, 2.05) is 6.08 Å². The van der Waals surface area contributed by atoms with Crippen LogP contribution < -0.4 is 5.73 Å². The van der Waals surface area contributed by atoms with Crippen molar-refractivity contribution in [3.05, 3.63) is 40.1 Å². The van der Waals surface area contributed by atoms with Gasteiger partial charge in [0.15, 0.2) is 0 Å². The Morgan fingerprint density at radius 2 is 2.21 bits per heavy atom. The molecule has 4 heteroatoms. The van der Waals surface area contributed by atoms with E-state index >= 15 is 0 Å². The first-order chi connectivity index (χ1) is 6.68. The van der Waals surface area contributed by atoms with E-state index in [-0.39, 0.29) is 12.0 Å². The van der Waals surface area contributed by atoms with E-state index in [0.29, 0.717) is 4.47 Å². The van der Waals surface area contributed by atoms with Crippen LogP contribution in [0.15, 0.2) is 33.7 Å². The molecule has 1 aromatic rings. The van der Waals surface area contributed by atoms with E-state index in [9.17, 15) is 4.39 Å². The molecule has 2 rings (SSSR count). The lowest BCUT2D eigenvalue weighted by atomic mass is 10.1. The number of allylic oxidation sites excluding steroid dienone is 1. The summed E-state index contributed by atoms with van der Waals surface area (Å²) in [5.41, 5.74) is 7.52. The SMILES string of the molecule is NC1N=CC=C1c1ccc(F)c(Br)c1. The van der Waals surface area contributed by atoms with Gasteiger partial charge in [0.25, 0.3) is 0 Å². The normalized spacial score (nSPS) is 19.9. The third kappa shape index (κ3) is 1.63. The first-order valence-corrected chi connectivity index (χ1v) is 4.92. The summed E-state index contributed by atoms with van der Waals surface area (Å²) in [5, 5.41) is 0. The fourth-order valence-electron chi connectivity index (χ4n) is 1.34. The minimum absolute atomic E-state index is 0.276. The van der Waals surface area contributed by atoms with Crippen LogP contribution in [0.2, 0.25) is 0 Å². The van der Waals surface area contributed by atoms with Gasteiger partial charge in [0.2, 0.25) is 0 Å². The Labute approximate surface area is 89.5 Å². The van der Waals surface area contributed by atoms with Gasteiger partial charge in [0.1, 0.15) is 12.0 Å². The molecule has 0 saturated heterocycles. The van der Waals surface area contributed by atoms with Crippen LogP contribution >= 0.6 is 15.9 Å². The lowest BCUT2D eigenvalue weighted by Crippen LogP contribution is -2.16. The van der Waals surface area contributed by atoms with Crippen molar-refractivity contribution < 1.29 is 4.39 Å². The molecule has 0 bridgehead atoms. The second-order valence-electron chi connectivity index (χ2n) is 2.99. The zero-order chi connectivity index (χ0) is 10.1. The summed E-state index contributed by atoms with van der Waals surface area (Å²) < 4.78 is 13.4. The van der Waals surface area contributed by atoms with Gasteiger partial charge < -0.3 is 5.73 Å². The quantitative estimate of drug-likeness (QED) is 0.821. The highest BCUT2D eigenvalue weighted by Gasteiger charge is 2.13. The van der Waals surface area contributed by atoms with Gasteiger partial charge in [-0.25, -0.2) is 4.39 Å². The van der Waals surface area contributed by atoms with E-state index in [4.69, 9.17) is 5.73 Å². The van der Waals surface area contributed by atoms with Crippen molar-refractivity contribution in [3.8, 4) is 0 Å². The predicted molar refractivity (Wildman–Crippen MR) is 58.5 cm³/mol. The molecular weight excluding hydrogens is 247 g/mol. The van der Waals surface area contributed by atoms with Crippen LogP contribution in [-0.4, -0.2) is 12.4 Å². The lowest BCUT2D eigenvalue weighted by molar-refractivity contribution is 0.621. The largest absolute Gasteiger partial charge is 0.306 e. The summed E-state index contributed by atoms with van der Waals surface area (Å²) in [6.07, 6.45) is 3.18. The Morgan fingerprint density at radius 1 is 1.43 bits per heavy atom. The van der Waals surface area contributed by atoms with E-state index in [0.717, 1.165) is 11.1 Å². The van der Waals surface area contributed by atoms with Crippen molar-refractivity contribution in [3.63, 3.8) is 0 Å². The summed E-state index contributed by atoms with van der Waals surface area (Å²) >= 11 is 3.13. The van der Waals surface area contributed by atoms with Gasteiger partial charge >= 0.3 is 0 Å². The minimum Gasteiger partial charge on any atom is -0.306 e. The monoisotopic (exact) mass is 254 g/mol. The standard InChI is InChI=1S/C10H8BrFN2/c11-8-5-6(1-2-9(8)12)7-3-4-14-10(7)13/h1-5,10H,13H2. The van der Waals surface area contributed by atoms with Crippen LogP contribution in [0.25, 0.3) is 5.57 Å².